The minimum atomic E-state index is -0.659. The molecular weight excluding hydrogens is 254 g/mol. The fraction of sp³-hybridized carbons (Fsp3) is 0.643. The first kappa shape index (κ1) is 16.2. The van der Waals surface area contributed by atoms with Crippen LogP contribution in [-0.2, 0) is 10.2 Å². The molecule has 1 aromatic heterocycles. The fourth-order valence-electron chi connectivity index (χ4n) is 1.43. The zero-order valence-corrected chi connectivity index (χ0v) is 13.2. The predicted molar refractivity (Wildman–Crippen MR) is 81.3 cm³/mol. The standard InChI is InChI=1S/C14H25N5O/c1-8-9(15)18-12(13(2,3)4)19-10(8)17-7-14(5,6)11(16)20/h7H2,1-6H3,(H2,16,20)(H3,15,17,18,19). The molecule has 0 aliphatic heterocycles. The highest BCUT2D eigenvalue weighted by Crippen LogP contribution is 2.25. The molecular formula is C14H25N5O. The Labute approximate surface area is 120 Å². The van der Waals surface area contributed by atoms with Gasteiger partial charge in [-0.15, -0.1) is 0 Å². The van der Waals surface area contributed by atoms with Gasteiger partial charge in [-0.25, -0.2) is 9.97 Å². The highest BCUT2D eigenvalue weighted by molar-refractivity contribution is 5.80. The van der Waals surface area contributed by atoms with E-state index in [1.54, 1.807) is 13.8 Å². The van der Waals surface area contributed by atoms with Crippen molar-refractivity contribution in [3.8, 4) is 0 Å². The summed E-state index contributed by atoms with van der Waals surface area (Å²) < 4.78 is 0. The molecule has 1 heterocycles. The number of hydrogen-bond acceptors (Lipinski definition) is 5. The predicted octanol–water partition coefficient (Wildman–Crippen LogP) is 1.59. The number of hydrogen-bond donors (Lipinski definition) is 3. The number of nitrogens with two attached hydrogens (primary N) is 2. The van der Waals surface area contributed by atoms with Crippen LogP contribution in [0.15, 0.2) is 0 Å². The van der Waals surface area contributed by atoms with Crippen LogP contribution in [0.2, 0.25) is 0 Å². The summed E-state index contributed by atoms with van der Waals surface area (Å²) in [4.78, 5) is 20.2. The minimum absolute atomic E-state index is 0.197. The van der Waals surface area contributed by atoms with E-state index < -0.39 is 5.41 Å². The Morgan fingerprint density at radius 2 is 1.75 bits per heavy atom. The number of carbonyl (C=O) groups is 1. The van der Waals surface area contributed by atoms with Gasteiger partial charge in [0.15, 0.2) is 0 Å². The van der Waals surface area contributed by atoms with E-state index in [0.717, 1.165) is 5.56 Å². The molecule has 0 bridgehead atoms. The first-order chi connectivity index (χ1) is 8.95. The third-order valence-corrected chi connectivity index (χ3v) is 3.22. The molecule has 5 N–H and O–H groups in total. The van der Waals surface area contributed by atoms with Crippen LogP contribution in [0.5, 0.6) is 0 Å². The van der Waals surface area contributed by atoms with E-state index in [2.05, 4.69) is 15.3 Å². The van der Waals surface area contributed by atoms with Crippen molar-refractivity contribution in [2.45, 2.75) is 47.0 Å². The summed E-state index contributed by atoms with van der Waals surface area (Å²) in [6, 6.07) is 0. The Morgan fingerprint density at radius 1 is 1.20 bits per heavy atom. The molecule has 0 atom stereocenters. The second-order valence-corrected chi connectivity index (χ2v) is 6.76. The second kappa shape index (κ2) is 5.26. The minimum Gasteiger partial charge on any atom is -0.383 e. The molecule has 112 valence electrons. The number of nitrogens with zero attached hydrogens (tertiary/aromatic N) is 2. The quantitative estimate of drug-likeness (QED) is 0.775. The van der Waals surface area contributed by atoms with Gasteiger partial charge in [0.2, 0.25) is 5.91 Å². The number of carbonyl (C=O) groups excluding carboxylic acids is 1. The van der Waals surface area contributed by atoms with Crippen LogP contribution in [0.1, 0.15) is 46.0 Å². The molecule has 0 fully saturated rings. The Morgan fingerprint density at radius 3 is 2.20 bits per heavy atom. The molecule has 0 radical (unpaired) electrons. The maximum Gasteiger partial charge on any atom is 0.224 e. The van der Waals surface area contributed by atoms with Gasteiger partial charge < -0.3 is 16.8 Å². The molecule has 0 aliphatic carbocycles. The molecule has 0 aromatic carbocycles. The lowest BCUT2D eigenvalue weighted by Gasteiger charge is -2.24. The molecule has 1 amide bonds. The van der Waals surface area contributed by atoms with Gasteiger partial charge in [-0.1, -0.05) is 20.8 Å². The van der Waals surface area contributed by atoms with Crippen molar-refractivity contribution in [1.29, 1.82) is 0 Å². The number of amides is 1. The normalized spacial score (nSPS) is 12.3. The van der Waals surface area contributed by atoms with Gasteiger partial charge in [0.05, 0.1) is 5.41 Å². The number of aromatic nitrogens is 2. The van der Waals surface area contributed by atoms with Gasteiger partial charge >= 0.3 is 0 Å². The number of nitrogen functional groups attached to an aromatic ring is 1. The summed E-state index contributed by atoms with van der Waals surface area (Å²) in [6.07, 6.45) is 0. The molecule has 6 nitrogen and oxygen atoms in total. The van der Waals surface area contributed by atoms with Crippen LogP contribution in [0.4, 0.5) is 11.6 Å². The number of nitrogens with one attached hydrogen (secondary N) is 1. The molecule has 0 saturated heterocycles. The van der Waals surface area contributed by atoms with Gasteiger partial charge in [-0.2, -0.15) is 0 Å². The SMILES string of the molecule is Cc1c(N)nc(C(C)(C)C)nc1NCC(C)(C)C(N)=O. The third-order valence-electron chi connectivity index (χ3n) is 3.22. The van der Waals surface area contributed by atoms with Crippen LogP contribution >= 0.6 is 0 Å². The summed E-state index contributed by atoms with van der Waals surface area (Å²) in [6.45, 7) is 11.9. The maximum atomic E-state index is 11.3. The van der Waals surface area contributed by atoms with E-state index in [4.69, 9.17) is 11.5 Å². The van der Waals surface area contributed by atoms with Crippen LogP contribution in [0.3, 0.4) is 0 Å². The lowest BCUT2D eigenvalue weighted by molar-refractivity contribution is -0.125. The van der Waals surface area contributed by atoms with Gasteiger partial charge in [0.25, 0.3) is 0 Å². The zero-order chi connectivity index (χ0) is 15.7. The second-order valence-electron chi connectivity index (χ2n) is 6.76. The van der Waals surface area contributed by atoms with Crippen molar-refractivity contribution in [2.24, 2.45) is 11.1 Å². The average molecular weight is 279 g/mol. The van der Waals surface area contributed by atoms with Crippen molar-refractivity contribution in [2.75, 3.05) is 17.6 Å². The molecule has 0 aliphatic rings. The van der Waals surface area contributed by atoms with Crippen molar-refractivity contribution < 1.29 is 4.79 Å². The Hall–Kier alpha value is -1.85. The highest BCUT2D eigenvalue weighted by atomic mass is 16.1. The molecule has 0 saturated carbocycles. The smallest absolute Gasteiger partial charge is 0.224 e. The largest absolute Gasteiger partial charge is 0.383 e. The lowest BCUT2D eigenvalue weighted by atomic mass is 9.92. The summed E-state index contributed by atoms with van der Waals surface area (Å²) in [5, 5.41) is 3.16. The Balaban J connectivity index is 3.07. The molecule has 20 heavy (non-hydrogen) atoms. The van der Waals surface area contributed by atoms with Crippen molar-refractivity contribution in [3.05, 3.63) is 11.4 Å². The fourth-order valence-corrected chi connectivity index (χ4v) is 1.43. The monoisotopic (exact) mass is 279 g/mol. The van der Waals surface area contributed by atoms with Crippen molar-refractivity contribution >= 4 is 17.5 Å². The summed E-state index contributed by atoms with van der Waals surface area (Å²) in [5.74, 6) is 1.40. The van der Waals surface area contributed by atoms with E-state index in [0.29, 0.717) is 24.0 Å². The number of primary amides is 1. The average Bonchev–Trinajstić information content (AvgIpc) is 2.29. The topological polar surface area (TPSA) is 107 Å². The first-order valence-corrected chi connectivity index (χ1v) is 6.63. The molecule has 1 rings (SSSR count). The summed E-state index contributed by atoms with van der Waals surface area (Å²) in [5.41, 5.74) is 11.2. The number of rotatable bonds is 4. The molecule has 0 spiro atoms. The van der Waals surface area contributed by atoms with Crippen molar-refractivity contribution in [3.63, 3.8) is 0 Å². The maximum absolute atomic E-state index is 11.3. The number of anilines is 2. The Bertz CT molecular complexity index is 517. The first-order valence-electron chi connectivity index (χ1n) is 6.63. The van der Waals surface area contributed by atoms with Crippen molar-refractivity contribution in [1.82, 2.24) is 9.97 Å². The molecule has 6 heteroatoms. The Kier molecular flexibility index (Phi) is 4.27. The van der Waals surface area contributed by atoms with Crippen LogP contribution in [0, 0.1) is 12.3 Å². The van der Waals surface area contributed by atoms with Gasteiger partial charge in [0, 0.05) is 17.5 Å². The summed E-state index contributed by atoms with van der Waals surface area (Å²) >= 11 is 0. The summed E-state index contributed by atoms with van der Waals surface area (Å²) in [7, 11) is 0. The third kappa shape index (κ3) is 3.59. The molecule has 1 aromatic rings. The zero-order valence-electron chi connectivity index (χ0n) is 13.2. The van der Waals surface area contributed by atoms with Crippen LogP contribution in [-0.4, -0.2) is 22.4 Å². The van der Waals surface area contributed by atoms with Gasteiger partial charge in [0.1, 0.15) is 17.5 Å². The van der Waals surface area contributed by atoms with E-state index in [1.165, 1.54) is 0 Å². The van der Waals surface area contributed by atoms with E-state index >= 15 is 0 Å². The van der Waals surface area contributed by atoms with E-state index in [9.17, 15) is 4.79 Å². The highest BCUT2D eigenvalue weighted by Gasteiger charge is 2.26. The van der Waals surface area contributed by atoms with E-state index in [1.807, 2.05) is 27.7 Å². The molecule has 0 unspecified atom stereocenters. The van der Waals surface area contributed by atoms with E-state index in [-0.39, 0.29) is 11.3 Å². The van der Waals surface area contributed by atoms with Gasteiger partial charge in [-0.3, -0.25) is 4.79 Å². The van der Waals surface area contributed by atoms with Crippen LogP contribution in [0.25, 0.3) is 0 Å². The lowest BCUT2D eigenvalue weighted by Crippen LogP contribution is -2.37. The van der Waals surface area contributed by atoms with Crippen LogP contribution < -0.4 is 16.8 Å². The van der Waals surface area contributed by atoms with Gasteiger partial charge in [-0.05, 0) is 20.8 Å².